The third-order valence-corrected chi connectivity index (χ3v) is 4.52. The highest BCUT2D eigenvalue weighted by Gasteiger charge is 2.15. The van der Waals surface area contributed by atoms with E-state index in [1.165, 1.54) is 0 Å². The Bertz CT molecular complexity index is 1200. The van der Waals surface area contributed by atoms with Gasteiger partial charge in [-0.15, -0.1) is 5.10 Å². The fraction of sp³-hybridized carbons (Fsp3) is 0.0476. The highest BCUT2D eigenvalue weighted by Crippen LogP contribution is 2.31. The van der Waals surface area contributed by atoms with Crippen molar-refractivity contribution < 1.29 is 0 Å². The SMILES string of the molecule is c1ccc(-c2ccn3nc(-c4cn[nH]c4)nc(NCc4ccccn4)c23)cc1. The number of nitrogens with zero attached hydrogens (tertiary/aromatic N) is 5. The van der Waals surface area contributed by atoms with Crippen molar-refractivity contribution in [3.63, 3.8) is 0 Å². The van der Waals surface area contributed by atoms with E-state index in [4.69, 9.17) is 4.98 Å². The second-order valence-electron chi connectivity index (χ2n) is 6.33. The van der Waals surface area contributed by atoms with Crippen LogP contribution < -0.4 is 5.32 Å². The van der Waals surface area contributed by atoms with E-state index in [0.717, 1.165) is 33.7 Å². The molecule has 2 N–H and O–H groups in total. The van der Waals surface area contributed by atoms with Crippen molar-refractivity contribution in [3.8, 4) is 22.5 Å². The fourth-order valence-electron chi connectivity index (χ4n) is 3.17. The lowest BCUT2D eigenvalue weighted by atomic mass is 10.1. The van der Waals surface area contributed by atoms with Crippen molar-refractivity contribution >= 4 is 11.3 Å². The van der Waals surface area contributed by atoms with E-state index in [9.17, 15) is 0 Å². The molecule has 5 aromatic rings. The number of benzene rings is 1. The maximum absolute atomic E-state index is 4.79. The van der Waals surface area contributed by atoms with Gasteiger partial charge in [0.05, 0.1) is 24.0 Å². The normalized spacial score (nSPS) is 11.0. The number of H-pyrrole nitrogens is 1. The molecular formula is C21H17N7. The van der Waals surface area contributed by atoms with Gasteiger partial charge in [-0.2, -0.15) is 5.10 Å². The Morgan fingerprint density at radius 3 is 2.64 bits per heavy atom. The van der Waals surface area contributed by atoms with Gasteiger partial charge < -0.3 is 5.32 Å². The molecule has 136 valence electrons. The van der Waals surface area contributed by atoms with Gasteiger partial charge in [0.2, 0.25) is 0 Å². The standard InChI is InChI=1S/C21H17N7/c1-2-6-15(7-3-1)18-9-11-28-19(18)21(23-14-17-8-4-5-10-22-17)26-20(27-28)16-12-24-25-13-16/h1-13H,14H2,(H,24,25)(H,23,26,27). The summed E-state index contributed by atoms with van der Waals surface area (Å²) in [7, 11) is 0. The first kappa shape index (κ1) is 16.2. The predicted octanol–water partition coefficient (Wildman–Crippen LogP) is 3.79. The van der Waals surface area contributed by atoms with Gasteiger partial charge in [0.25, 0.3) is 0 Å². The first-order valence-electron chi connectivity index (χ1n) is 8.96. The topological polar surface area (TPSA) is 83.8 Å². The van der Waals surface area contributed by atoms with Crippen LogP contribution in [-0.4, -0.2) is 29.8 Å². The molecule has 0 aliphatic heterocycles. The largest absolute Gasteiger partial charge is 0.363 e. The van der Waals surface area contributed by atoms with E-state index in [0.29, 0.717) is 12.4 Å². The number of aromatic amines is 1. The van der Waals surface area contributed by atoms with Gasteiger partial charge in [-0.1, -0.05) is 36.4 Å². The molecule has 4 heterocycles. The van der Waals surface area contributed by atoms with Crippen LogP contribution in [0.2, 0.25) is 0 Å². The fourth-order valence-corrected chi connectivity index (χ4v) is 3.17. The van der Waals surface area contributed by atoms with Crippen molar-refractivity contribution in [3.05, 3.63) is 85.1 Å². The lowest BCUT2D eigenvalue weighted by Crippen LogP contribution is -2.08. The zero-order valence-electron chi connectivity index (χ0n) is 14.9. The summed E-state index contributed by atoms with van der Waals surface area (Å²) in [4.78, 5) is 9.17. The first-order chi connectivity index (χ1) is 13.9. The number of hydrogen-bond acceptors (Lipinski definition) is 5. The second kappa shape index (κ2) is 6.96. The summed E-state index contributed by atoms with van der Waals surface area (Å²) >= 11 is 0. The van der Waals surface area contributed by atoms with Crippen molar-refractivity contribution in [2.24, 2.45) is 0 Å². The molecule has 5 rings (SSSR count). The third-order valence-electron chi connectivity index (χ3n) is 4.52. The number of hydrogen-bond donors (Lipinski definition) is 2. The summed E-state index contributed by atoms with van der Waals surface area (Å²) < 4.78 is 1.86. The molecule has 0 aliphatic carbocycles. The van der Waals surface area contributed by atoms with E-state index in [1.807, 2.05) is 47.1 Å². The molecule has 0 amide bonds. The summed E-state index contributed by atoms with van der Waals surface area (Å²) in [6.07, 6.45) is 7.24. The molecular weight excluding hydrogens is 350 g/mol. The van der Waals surface area contributed by atoms with Crippen LogP contribution >= 0.6 is 0 Å². The van der Waals surface area contributed by atoms with E-state index in [-0.39, 0.29) is 0 Å². The van der Waals surface area contributed by atoms with Crippen LogP contribution in [0, 0.1) is 0 Å². The molecule has 1 aromatic carbocycles. The van der Waals surface area contributed by atoms with Gasteiger partial charge in [-0.05, 0) is 23.8 Å². The summed E-state index contributed by atoms with van der Waals surface area (Å²) in [5.41, 5.74) is 4.89. The number of rotatable bonds is 5. The summed E-state index contributed by atoms with van der Waals surface area (Å²) in [6.45, 7) is 0.567. The van der Waals surface area contributed by atoms with Gasteiger partial charge >= 0.3 is 0 Å². The van der Waals surface area contributed by atoms with Crippen molar-refractivity contribution in [1.29, 1.82) is 0 Å². The highest BCUT2D eigenvalue weighted by atomic mass is 15.3. The molecule has 28 heavy (non-hydrogen) atoms. The molecule has 0 spiro atoms. The Hall–Kier alpha value is -4.00. The summed E-state index contributed by atoms with van der Waals surface area (Å²) in [6, 6.07) is 18.2. The number of anilines is 1. The molecule has 0 fully saturated rings. The maximum Gasteiger partial charge on any atom is 0.185 e. The molecule has 7 heteroatoms. The molecule has 0 radical (unpaired) electrons. The Balaban J connectivity index is 1.64. The van der Waals surface area contributed by atoms with Crippen LogP contribution in [0.25, 0.3) is 28.0 Å². The van der Waals surface area contributed by atoms with E-state index >= 15 is 0 Å². The first-order valence-corrected chi connectivity index (χ1v) is 8.96. The third kappa shape index (κ3) is 2.99. The highest BCUT2D eigenvalue weighted by molar-refractivity contribution is 5.89. The molecule has 4 aromatic heterocycles. The molecule has 0 aliphatic rings. The second-order valence-corrected chi connectivity index (χ2v) is 6.33. The van der Waals surface area contributed by atoms with Gasteiger partial charge in [0.1, 0.15) is 5.52 Å². The smallest absolute Gasteiger partial charge is 0.185 e. The quantitative estimate of drug-likeness (QED) is 0.494. The van der Waals surface area contributed by atoms with Crippen LogP contribution in [0.5, 0.6) is 0 Å². The Kier molecular flexibility index (Phi) is 4.02. The van der Waals surface area contributed by atoms with Gasteiger partial charge in [-0.25, -0.2) is 9.50 Å². The number of nitrogens with one attached hydrogen (secondary N) is 2. The molecule has 0 saturated heterocycles. The minimum absolute atomic E-state index is 0.567. The average Bonchev–Trinajstić information content (AvgIpc) is 3.43. The van der Waals surface area contributed by atoms with E-state index < -0.39 is 0 Å². The molecule has 0 bridgehead atoms. The lowest BCUT2D eigenvalue weighted by molar-refractivity contribution is 0.907. The van der Waals surface area contributed by atoms with Crippen LogP contribution in [0.3, 0.4) is 0 Å². The van der Waals surface area contributed by atoms with E-state index in [2.05, 4.69) is 43.8 Å². The van der Waals surface area contributed by atoms with Crippen molar-refractivity contribution in [1.82, 2.24) is 29.8 Å². The average molecular weight is 367 g/mol. The number of fused-ring (bicyclic) bond motifs is 1. The van der Waals surface area contributed by atoms with Gasteiger partial charge in [0.15, 0.2) is 11.6 Å². The number of aromatic nitrogens is 6. The Morgan fingerprint density at radius 2 is 1.86 bits per heavy atom. The predicted molar refractivity (Wildman–Crippen MR) is 108 cm³/mol. The minimum Gasteiger partial charge on any atom is -0.363 e. The van der Waals surface area contributed by atoms with Crippen LogP contribution in [0.4, 0.5) is 5.82 Å². The van der Waals surface area contributed by atoms with Crippen LogP contribution in [0.15, 0.2) is 79.4 Å². The maximum atomic E-state index is 4.79. The summed E-state index contributed by atoms with van der Waals surface area (Å²) in [5.74, 6) is 1.35. The van der Waals surface area contributed by atoms with Crippen LogP contribution in [-0.2, 0) is 6.54 Å². The molecule has 7 nitrogen and oxygen atoms in total. The van der Waals surface area contributed by atoms with Crippen LogP contribution in [0.1, 0.15) is 5.69 Å². The minimum atomic E-state index is 0.567. The zero-order valence-corrected chi connectivity index (χ0v) is 14.9. The van der Waals surface area contributed by atoms with Crippen molar-refractivity contribution in [2.75, 3.05) is 5.32 Å². The summed E-state index contributed by atoms with van der Waals surface area (Å²) in [5, 5.41) is 14.9. The Labute approximate surface area is 161 Å². The Morgan fingerprint density at radius 1 is 0.964 bits per heavy atom. The zero-order chi connectivity index (χ0) is 18.8. The molecule has 0 atom stereocenters. The lowest BCUT2D eigenvalue weighted by Gasteiger charge is -2.11. The number of pyridine rings is 1. The monoisotopic (exact) mass is 367 g/mol. The van der Waals surface area contributed by atoms with Gasteiger partial charge in [-0.3, -0.25) is 10.1 Å². The van der Waals surface area contributed by atoms with Gasteiger partial charge in [0, 0.05) is 24.2 Å². The molecule has 0 saturated carbocycles. The van der Waals surface area contributed by atoms with Crippen molar-refractivity contribution in [2.45, 2.75) is 6.54 Å². The van der Waals surface area contributed by atoms with E-state index in [1.54, 1.807) is 18.6 Å². The molecule has 0 unspecified atom stereocenters.